The third-order valence-corrected chi connectivity index (χ3v) is 3.70. The van der Waals surface area contributed by atoms with Crippen LogP contribution in [-0.4, -0.2) is 11.5 Å². The number of rotatable bonds is 12. The van der Waals surface area contributed by atoms with Crippen molar-refractivity contribution in [3.05, 3.63) is 24.3 Å². The van der Waals surface area contributed by atoms with Gasteiger partial charge in [-0.2, -0.15) is 25.3 Å². The Morgan fingerprint density at radius 1 is 0.889 bits per heavy atom. The fourth-order valence-corrected chi connectivity index (χ4v) is 2.32. The van der Waals surface area contributed by atoms with E-state index in [0.717, 1.165) is 11.5 Å². The van der Waals surface area contributed by atoms with Crippen molar-refractivity contribution in [1.29, 1.82) is 0 Å². The van der Waals surface area contributed by atoms with E-state index in [4.69, 9.17) is 0 Å². The average molecular weight is 287 g/mol. The van der Waals surface area contributed by atoms with Crippen LogP contribution in [0, 0.1) is 5.92 Å². The van der Waals surface area contributed by atoms with Crippen LogP contribution in [0.2, 0.25) is 0 Å². The third-order valence-electron chi connectivity index (χ3n) is 3.07. The number of hydrogen-bond acceptors (Lipinski definition) is 2. The zero-order chi connectivity index (χ0) is 13.5. The van der Waals surface area contributed by atoms with E-state index < -0.39 is 0 Å². The second kappa shape index (κ2) is 15.2. The van der Waals surface area contributed by atoms with Crippen LogP contribution in [0.25, 0.3) is 0 Å². The lowest BCUT2D eigenvalue weighted by molar-refractivity contribution is 0.534. The Hall–Kier alpha value is 0.180. The predicted octanol–water partition coefficient (Wildman–Crippen LogP) is 5.72. The summed E-state index contributed by atoms with van der Waals surface area (Å²) in [5.41, 5.74) is 0. The van der Waals surface area contributed by atoms with Gasteiger partial charge in [-0.1, -0.05) is 44.1 Å². The Morgan fingerprint density at radius 3 is 2.11 bits per heavy atom. The Kier molecular flexibility index (Phi) is 15.4. The summed E-state index contributed by atoms with van der Waals surface area (Å²) in [5.74, 6) is 2.71. The van der Waals surface area contributed by atoms with Gasteiger partial charge in [0.25, 0.3) is 0 Å². The van der Waals surface area contributed by atoms with Gasteiger partial charge in [0, 0.05) is 0 Å². The first-order valence-corrected chi connectivity index (χ1v) is 8.66. The van der Waals surface area contributed by atoms with Crippen LogP contribution < -0.4 is 0 Å². The molecule has 0 aliphatic rings. The molecule has 0 heterocycles. The molecule has 0 aliphatic carbocycles. The molecular weight excluding hydrogens is 256 g/mol. The summed E-state index contributed by atoms with van der Waals surface area (Å²) in [6.45, 7) is 2.25. The molecule has 0 spiro atoms. The molecule has 0 saturated heterocycles. The Bertz CT molecular complexity index is 201. The van der Waals surface area contributed by atoms with E-state index in [0.29, 0.717) is 5.92 Å². The number of thiol groups is 2. The lowest BCUT2D eigenvalue weighted by atomic mass is 9.98. The van der Waals surface area contributed by atoms with Gasteiger partial charge in [0.15, 0.2) is 0 Å². The van der Waals surface area contributed by atoms with Crippen molar-refractivity contribution in [3.63, 3.8) is 0 Å². The molecule has 0 amide bonds. The van der Waals surface area contributed by atoms with Crippen molar-refractivity contribution < 1.29 is 0 Å². The molecule has 0 rings (SSSR count). The summed E-state index contributed by atoms with van der Waals surface area (Å²) in [7, 11) is 0. The monoisotopic (exact) mass is 286 g/mol. The summed E-state index contributed by atoms with van der Waals surface area (Å²) in [6, 6.07) is 0. The van der Waals surface area contributed by atoms with Crippen molar-refractivity contribution in [2.45, 2.75) is 58.3 Å². The fraction of sp³-hybridized carbons (Fsp3) is 0.750. The molecule has 0 bridgehead atoms. The topological polar surface area (TPSA) is 0 Å². The zero-order valence-corrected chi connectivity index (χ0v) is 13.6. The van der Waals surface area contributed by atoms with E-state index in [1.165, 1.54) is 51.4 Å². The molecule has 0 aromatic carbocycles. The summed E-state index contributed by atoms with van der Waals surface area (Å²) in [4.78, 5) is 0. The number of unbranched alkanes of at least 4 members (excludes halogenated alkanes) is 3. The Morgan fingerprint density at radius 2 is 1.56 bits per heavy atom. The van der Waals surface area contributed by atoms with E-state index in [-0.39, 0.29) is 0 Å². The minimum absolute atomic E-state index is 0.713. The zero-order valence-electron chi connectivity index (χ0n) is 11.9. The van der Waals surface area contributed by atoms with Crippen molar-refractivity contribution in [1.82, 2.24) is 0 Å². The van der Waals surface area contributed by atoms with Gasteiger partial charge in [0.05, 0.1) is 0 Å². The summed E-state index contributed by atoms with van der Waals surface area (Å²) in [6.07, 6.45) is 19.2. The second-order valence-corrected chi connectivity index (χ2v) is 5.70. The van der Waals surface area contributed by atoms with Crippen LogP contribution in [0.15, 0.2) is 24.3 Å². The summed E-state index contributed by atoms with van der Waals surface area (Å²) in [5, 5.41) is 0. The lowest BCUT2D eigenvalue weighted by Gasteiger charge is -2.10. The highest BCUT2D eigenvalue weighted by atomic mass is 32.1. The molecule has 0 aromatic heterocycles. The maximum absolute atomic E-state index is 4.29. The predicted molar refractivity (Wildman–Crippen MR) is 92.1 cm³/mol. The minimum atomic E-state index is 0.713. The lowest BCUT2D eigenvalue weighted by Crippen LogP contribution is -1.97. The van der Waals surface area contributed by atoms with E-state index in [2.05, 4.69) is 56.5 Å². The van der Waals surface area contributed by atoms with Crippen LogP contribution in [0.5, 0.6) is 0 Å². The highest BCUT2D eigenvalue weighted by Gasteiger charge is 2.02. The van der Waals surface area contributed by atoms with Gasteiger partial charge in [0.2, 0.25) is 0 Å². The Balaban J connectivity index is 3.81. The number of hydrogen-bond donors (Lipinski definition) is 2. The first-order chi connectivity index (χ1) is 8.85. The van der Waals surface area contributed by atoms with Gasteiger partial charge in [-0.3, -0.25) is 0 Å². The standard InChI is InChI=1S/C16H30S2/c1-2-3-4-5-6-7-8-11-16(12-9-14-17)13-10-15-18/h6-8,11,16-18H,2-5,9-10,12-15H2,1H3. The van der Waals surface area contributed by atoms with Crippen molar-refractivity contribution in [2.75, 3.05) is 11.5 Å². The quantitative estimate of drug-likeness (QED) is 0.256. The van der Waals surface area contributed by atoms with Crippen LogP contribution in [0.3, 0.4) is 0 Å². The van der Waals surface area contributed by atoms with Gasteiger partial charge in [-0.25, -0.2) is 0 Å². The van der Waals surface area contributed by atoms with Crippen molar-refractivity contribution in [3.8, 4) is 0 Å². The van der Waals surface area contributed by atoms with Crippen LogP contribution in [0.4, 0.5) is 0 Å². The highest BCUT2D eigenvalue weighted by molar-refractivity contribution is 7.80. The first-order valence-electron chi connectivity index (χ1n) is 7.40. The van der Waals surface area contributed by atoms with Crippen LogP contribution in [-0.2, 0) is 0 Å². The van der Waals surface area contributed by atoms with Crippen molar-refractivity contribution >= 4 is 25.3 Å². The smallest absolute Gasteiger partial charge is 0.00977 e. The SMILES string of the molecule is CCCCCC=CC=CC(CCCS)CCCS. The molecule has 0 atom stereocenters. The maximum atomic E-state index is 4.29. The Labute approximate surface area is 125 Å². The highest BCUT2D eigenvalue weighted by Crippen LogP contribution is 2.16. The normalized spacial score (nSPS) is 12.2. The van der Waals surface area contributed by atoms with E-state index in [9.17, 15) is 0 Å². The molecule has 2 heteroatoms. The maximum Gasteiger partial charge on any atom is -0.00977 e. The number of allylic oxidation sites excluding steroid dienone is 4. The molecule has 18 heavy (non-hydrogen) atoms. The molecule has 0 nitrogen and oxygen atoms in total. The van der Waals surface area contributed by atoms with Crippen LogP contribution in [0.1, 0.15) is 58.3 Å². The minimum Gasteiger partial charge on any atom is -0.179 e. The van der Waals surface area contributed by atoms with Gasteiger partial charge in [0.1, 0.15) is 0 Å². The molecular formula is C16H30S2. The molecule has 0 fully saturated rings. The molecule has 0 unspecified atom stereocenters. The average Bonchev–Trinajstić information content (AvgIpc) is 2.40. The largest absolute Gasteiger partial charge is 0.179 e. The van der Waals surface area contributed by atoms with E-state index in [1.807, 2.05) is 0 Å². The third kappa shape index (κ3) is 12.6. The molecule has 106 valence electrons. The van der Waals surface area contributed by atoms with Gasteiger partial charge in [-0.05, 0) is 55.9 Å². The molecule has 0 radical (unpaired) electrons. The van der Waals surface area contributed by atoms with Gasteiger partial charge >= 0.3 is 0 Å². The van der Waals surface area contributed by atoms with Crippen LogP contribution >= 0.6 is 25.3 Å². The van der Waals surface area contributed by atoms with Gasteiger partial charge < -0.3 is 0 Å². The molecule has 0 N–H and O–H groups in total. The van der Waals surface area contributed by atoms with Crippen molar-refractivity contribution in [2.24, 2.45) is 5.92 Å². The molecule has 0 aliphatic heterocycles. The summed E-state index contributed by atoms with van der Waals surface area (Å²) < 4.78 is 0. The molecule has 0 aromatic rings. The fourth-order valence-electron chi connectivity index (χ4n) is 1.95. The van der Waals surface area contributed by atoms with Gasteiger partial charge in [-0.15, -0.1) is 0 Å². The molecule has 0 saturated carbocycles. The van der Waals surface area contributed by atoms with E-state index >= 15 is 0 Å². The first kappa shape index (κ1) is 18.2. The second-order valence-electron chi connectivity index (χ2n) is 4.80. The summed E-state index contributed by atoms with van der Waals surface area (Å²) >= 11 is 8.58. The van der Waals surface area contributed by atoms with E-state index in [1.54, 1.807) is 0 Å².